The highest BCUT2D eigenvalue weighted by Crippen LogP contribution is 1.99. The topological polar surface area (TPSA) is 159 Å². The van der Waals surface area contributed by atoms with E-state index in [1.807, 2.05) is 0 Å². The number of nitrogens with one attached hydrogen (secondary N) is 2. The molecule has 0 fully saturated rings. The van der Waals surface area contributed by atoms with E-state index in [2.05, 4.69) is 10.6 Å². The molecule has 21 heavy (non-hydrogen) atoms. The minimum absolute atomic E-state index is 0.101. The second-order valence-electron chi connectivity index (χ2n) is 4.88. The summed E-state index contributed by atoms with van der Waals surface area (Å²) in [5.41, 5.74) is 5.57. The molecule has 0 saturated carbocycles. The highest BCUT2D eigenvalue weighted by atomic mass is 16.4. The molecule has 120 valence electrons. The van der Waals surface area contributed by atoms with Gasteiger partial charge < -0.3 is 26.6 Å². The lowest BCUT2D eigenvalue weighted by molar-refractivity contribution is -0.143. The van der Waals surface area contributed by atoms with Crippen LogP contribution in [0.4, 0.5) is 0 Å². The number of nitrogens with two attached hydrogens (primary N) is 1. The Kier molecular flexibility index (Phi) is 7.99. The summed E-state index contributed by atoms with van der Waals surface area (Å²) in [6.45, 7) is 3.07. The summed E-state index contributed by atoms with van der Waals surface area (Å²) in [7, 11) is 0. The average Bonchev–Trinajstić information content (AvgIpc) is 2.38. The number of aliphatic carboxylic acids is 2. The van der Waals surface area contributed by atoms with E-state index in [-0.39, 0.29) is 18.8 Å². The monoisotopic (exact) mass is 303 g/mol. The molecule has 0 bridgehead atoms. The molecule has 9 heteroatoms. The Morgan fingerprint density at radius 1 is 1.14 bits per heavy atom. The number of rotatable bonds is 9. The number of amides is 2. The van der Waals surface area contributed by atoms with E-state index in [9.17, 15) is 19.2 Å². The summed E-state index contributed by atoms with van der Waals surface area (Å²) < 4.78 is 0. The standard InChI is InChI=1S/C12H21N3O6/c1-6(2)10(13)11(19)14-5-8(16)15-7(12(20)21)3-4-9(17)18/h6-7,10H,3-5,13H2,1-2H3,(H,14,19)(H,15,16)(H,17,18)(H,20,21). The van der Waals surface area contributed by atoms with Crippen LogP contribution < -0.4 is 16.4 Å². The third-order valence-electron chi connectivity index (χ3n) is 2.72. The zero-order valence-corrected chi connectivity index (χ0v) is 12.0. The van der Waals surface area contributed by atoms with Crippen LogP contribution in [0, 0.1) is 5.92 Å². The Hall–Kier alpha value is -2.16. The van der Waals surface area contributed by atoms with Crippen molar-refractivity contribution in [1.82, 2.24) is 10.6 Å². The van der Waals surface area contributed by atoms with Crippen LogP contribution >= 0.6 is 0 Å². The van der Waals surface area contributed by atoms with Crippen molar-refractivity contribution >= 4 is 23.8 Å². The zero-order valence-electron chi connectivity index (χ0n) is 12.0. The van der Waals surface area contributed by atoms with Gasteiger partial charge in [0.25, 0.3) is 0 Å². The summed E-state index contributed by atoms with van der Waals surface area (Å²) in [4.78, 5) is 44.3. The van der Waals surface area contributed by atoms with Gasteiger partial charge in [0.2, 0.25) is 11.8 Å². The van der Waals surface area contributed by atoms with Gasteiger partial charge in [0.15, 0.2) is 0 Å². The van der Waals surface area contributed by atoms with Gasteiger partial charge in [-0.3, -0.25) is 14.4 Å². The number of carboxylic acids is 2. The minimum atomic E-state index is -1.34. The minimum Gasteiger partial charge on any atom is -0.481 e. The molecule has 2 atom stereocenters. The van der Waals surface area contributed by atoms with Gasteiger partial charge in [0, 0.05) is 6.42 Å². The Morgan fingerprint density at radius 3 is 2.14 bits per heavy atom. The van der Waals surface area contributed by atoms with Gasteiger partial charge >= 0.3 is 11.9 Å². The molecule has 2 amide bonds. The van der Waals surface area contributed by atoms with Crippen molar-refractivity contribution in [2.75, 3.05) is 6.54 Å². The molecular formula is C12H21N3O6. The Labute approximate surface area is 121 Å². The van der Waals surface area contributed by atoms with Crippen molar-refractivity contribution in [2.45, 2.75) is 38.8 Å². The molecule has 0 aliphatic rings. The van der Waals surface area contributed by atoms with Crippen LogP contribution in [-0.2, 0) is 19.2 Å². The molecular weight excluding hydrogens is 282 g/mol. The number of hydrogen-bond donors (Lipinski definition) is 5. The van der Waals surface area contributed by atoms with Crippen LogP contribution in [-0.4, -0.2) is 52.6 Å². The predicted molar refractivity (Wildman–Crippen MR) is 72.3 cm³/mol. The number of carbonyl (C=O) groups excluding carboxylic acids is 2. The smallest absolute Gasteiger partial charge is 0.326 e. The molecule has 0 aromatic heterocycles. The lowest BCUT2D eigenvalue weighted by atomic mass is 10.1. The van der Waals surface area contributed by atoms with Gasteiger partial charge in [-0.25, -0.2) is 4.79 Å². The molecule has 0 rings (SSSR count). The summed E-state index contributed by atoms with van der Waals surface area (Å²) in [5, 5.41) is 21.8. The molecule has 0 aliphatic heterocycles. The first kappa shape index (κ1) is 18.8. The lowest BCUT2D eigenvalue weighted by Crippen LogP contribution is -2.49. The summed E-state index contributed by atoms with van der Waals surface area (Å²) in [6.07, 6.45) is -0.627. The van der Waals surface area contributed by atoms with Gasteiger partial charge in [0.1, 0.15) is 6.04 Å². The van der Waals surface area contributed by atoms with Gasteiger partial charge in [-0.2, -0.15) is 0 Å². The molecule has 2 unspecified atom stereocenters. The van der Waals surface area contributed by atoms with Gasteiger partial charge in [-0.1, -0.05) is 13.8 Å². The SMILES string of the molecule is CC(C)C(N)C(=O)NCC(=O)NC(CCC(=O)O)C(=O)O. The average molecular weight is 303 g/mol. The van der Waals surface area contributed by atoms with E-state index >= 15 is 0 Å². The molecule has 0 heterocycles. The van der Waals surface area contributed by atoms with E-state index in [0.717, 1.165) is 0 Å². The first-order valence-corrected chi connectivity index (χ1v) is 6.42. The molecule has 0 saturated heterocycles. The predicted octanol–water partition coefficient (Wildman–Crippen LogP) is -1.48. The third-order valence-corrected chi connectivity index (χ3v) is 2.72. The Morgan fingerprint density at radius 2 is 1.71 bits per heavy atom. The van der Waals surface area contributed by atoms with E-state index in [1.165, 1.54) is 0 Å². The molecule has 9 nitrogen and oxygen atoms in total. The maximum absolute atomic E-state index is 11.5. The number of carbonyl (C=O) groups is 4. The third kappa shape index (κ3) is 7.88. The fraction of sp³-hybridized carbons (Fsp3) is 0.667. The Bertz CT molecular complexity index is 410. The highest BCUT2D eigenvalue weighted by Gasteiger charge is 2.22. The van der Waals surface area contributed by atoms with Crippen LogP contribution in [0.3, 0.4) is 0 Å². The second kappa shape index (κ2) is 8.90. The maximum Gasteiger partial charge on any atom is 0.326 e. The summed E-state index contributed by atoms with van der Waals surface area (Å²) in [5.74, 6) is -3.84. The molecule has 6 N–H and O–H groups in total. The molecule has 0 aromatic carbocycles. The summed E-state index contributed by atoms with van der Waals surface area (Å²) >= 11 is 0. The number of hydrogen-bond acceptors (Lipinski definition) is 5. The maximum atomic E-state index is 11.5. The lowest BCUT2D eigenvalue weighted by Gasteiger charge is -2.16. The van der Waals surface area contributed by atoms with Crippen molar-refractivity contribution < 1.29 is 29.4 Å². The van der Waals surface area contributed by atoms with Crippen molar-refractivity contribution in [3.8, 4) is 0 Å². The zero-order chi connectivity index (χ0) is 16.6. The highest BCUT2D eigenvalue weighted by molar-refractivity contribution is 5.89. The molecule has 0 spiro atoms. The molecule has 0 radical (unpaired) electrons. The van der Waals surface area contributed by atoms with Crippen LogP contribution in [0.25, 0.3) is 0 Å². The second-order valence-corrected chi connectivity index (χ2v) is 4.88. The fourth-order valence-electron chi connectivity index (χ4n) is 1.36. The van der Waals surface area contributed by atoms with E-state index in [1.54, 1.807) is 13.8 Å². The fourth-order valence-corrected chi connectivity index (χ4v) is 1.36. The van der Waals surface area contributed by atoms with Crippen LogP contribution in [0.2, 0.25) is 0 Å². The van der Waals surface area contributed by atoms with Gasteiger partial charge in [-0.15, -0.1) is 0 Å². The van der Waals surface area contributed by atoms with Crippen LogP contribution in [0.5, 0.6) is 0 Å². The van der Waals surface area contributed by atoms with Crippen LogP contribution in [0.1, 0.15) is 26.7 Å². The first-order chi connectivity index (χ1) is 9.65. The number of carboxylic acid groups (broad SMARTS) is 2. The van der Waals surface area contributed by atoms with Gasteiger partial charge in [-0.05, 0) is 12.3 Å². The summed E-state index contributed by atoms with van der Waals surface area (Å²) in [6, 6.07) is -2.08. The quantitative estimate of drug-likeness (QED) is 0.347. The van der Waals surface area contributed by atoms with Crippen molar-refractivity contribution in [1.29, 1.82) is 0 Å². The Balaban J connectivity index is 4.29. The van der Waals surface area contributed by atoms with E-state index < -0.39 is 42.4 Å². The normalized spacial score (nSPS) is 13.3. The molecule has 0 aliphatic carbocycles. The van der Waals surface area contributed by atoms with E-state index in [4.69, 9.17) is 15.9 Å². The van der Waals surface area contributed by atoms with E-state index in [0.29, 0.717) is 0 Å². The molecule has 0 aromatic rings. The largest absolute Gasteiger partial charge is 0.481 e. The van der Waals surface area contributed by atoms with Gasteiger partial charge in [0.05, 0.1) is 12.6 Å². The first-order valence-electron chi connectivity index (χ1n) is 6.42. The van der Waals surface area contributed by atoms with Crippen LogP contribution in [0.15, 0.2) is 0 Å². The van der Waals surface area contributed by atoms with Crippen molar-refractivity contribution in [3.05, 3.63) is 0 Å². The van der Waals surface area contributed by atoms with Crippen molar-refractivity contribution in [2.24, 2.45) is 11.7 Å². The van der Waals surface area contributed by atoms with Crippen molar-refractivity contribution in [3.63, 3.8) is 0 Å².